The number of hydrogen-bond acceptors (Lipinski definition) is 3. The highest BCUT2D eigenvalue weighted by Gasteiger charge is 2.23. The topological polar surface area (TPSA) is 46.6 Å². The predicted molar refractivity (Wildman–Crippen MR) is 71.8 cm³/mol. The number of methoxy groups -OCH3 is 1. The molecule has 0 atom stereocenters. The fourth-order valence-electron chi connectivity index (χ4n) is 1.63. The summed E-state index contributed by atoms with van der Waals surface area (Å²) in [6.45, 7) is 0.603. The molecule has 1 aliphatic carbocycles. The monoisotopic (exact) mass is 267 g/mol. The van der Waals surface area contributed by atoms with Crippen LogP contribution in [0.25, 0.3) is 6.08 Å². The van der Waals surface area contributed by atoms with Gasteiger partial charge < -0.3 is 4.74 Å². The molecule has 0 N–H and O–H groups in total. The van der Waals surface area contributed by atoms with Crippen LogP contribution in [0.1, 0.15) is 18.4 Å². The third-order valence-electron chi connectivity index (χ3n) is 2.91. The predicted octanol–water partition coefficient (Wildman–Crippen LogP) is 1.90. The summed E-state index contributed by atoms with van der Waals surface area (Å²) in [6.07, 6.45) is 5.70. The minimum Gasteiger partial charge on any atom is -0.497 e. The summed E-state index contributed by atoms with van der Waals surface area (Å²) < 4.78 is 28.6. The fraction of sp³-hybridized carbons (Fsp3) is 0.385. The van der Waals surface area contributed by atoms with E-state index in [1.807, 2.05) is 24.3 Å². The number of thiol groups is 1. The lowest BCUT2D eigenvalue weighted by molar-refractivity contribution is 0.415. The average Bonchev–Trinajstić information content (AvgIpc) is 3.18. The highest BCUT2D eigenvalue weighted by Crippen LogP contribution is 2.29. The molecular weight excluding hydrogens is 250 g/mol. The van der Waals surface area contributed by atoms with Crippen LogP contribution in [0.5, 0.6) is 5.75 Å². The zero-order valence-electron chi connectivity index (χ0n) is 10.3. The van der Waals surface area contributed by atoms with Gasteiger partial charge in [-0.05, 0) is 42.5 Å². The minimum absolute atomic E-state index is 0.540. The first-order chi connectivity index (χ1) is 8.69. The molecule has 0 amide bonds. The van der Waals surface area contributed by atoms with Crippen molar-refractivity contribution in [3.05, 3.63) is 36.0 Å². The Morgan fingerprint density at radius 3 is 2.50 bits per heavy atom. The van der Waals surface area contributed by atoms with E-state index >= 15 is 0 Å². The Kier molecular flexibility index (Phi) is 4.25. The van der Waals surface area contributed by atoms with Crippen LogP contribution in [-0.2, 0) is 10.9 Å². The Bertz CT molecular complexity index is 481. The molecule has 18 heavy (non-hydrogen) atoms. The molecule has 0 spiro atoms. The van der Waals surface area contributed by atoms with Gasteiger partial charge >= 0.3 is 0 Å². The van der Waals surface area contributed by atoms with Crippen LogP contribution in [0, 0.1) is 5.92 Å². The highest BCUT2D eigenvalue weighted by atomic mass is 32.2. The second-order valence-corrected chi connectivity index (χ2v) is 5.38. The van der Waals surface area contributed by atoms with E-state index in [1.54, 1.807) is 19.4 Å². The van der Waals surface area contributed by atoms with Crippen LogP contribution in [0.4, 0.5) is 0 Å². The van der Waals surface area contributed by atoms with Crippen molar-refractivity contribution in [2.45, 2.75) is 12.8 Å². The van der Waals surface area contributed by atoms with Gasteiger partial charge in [-0.15, -0.1) is 0 Å². The molecule has 1 fully saturated rings. The minimum atomic E-state index is -2.54. The van der Waals surface area contributed by atoms with Crippen molar-refractivity contribution in [2.75, 3.05) is 13.7 Å². The lowest BCUT2D eigenvalue weighted by atomic mass is 10.2. The van der Waals surface area contributed by atoms with Gasteiger partial charge in [-0.3, -0.25) is 4.31 Å². The van der Waals surface area contributed by atoms with Gasteiger partial charge in [0.15, 0.2) is 0 Å². The molecule has 1 aromatic rings. The first-order valence-electron chi connectivity index (χ1n) is 5.92. The second kappa shape index (κ2) is 5.91. The first kappa shape index (κ1) is 13.0. The Hall–Kier alpha value is -1.49. The van der Waals surface area contributed by atoms with Crippen molar-refractivity contribution in [3.8, 4) is 5.75 Å². The molecule has 0 heterocycles. The van der Waals surface area contributed by atoms with Crippen molar-refractivity contribution in [3.63, 3.8) is 0 Å². The Labute approximate surface area is 109 Å². The maximum Gasteiger partial charge on any atom is 0.224 e. The van der Waals surface area contributed by atoms with Gasteiger partial charge in [0.1, 0.15) is 5.75 Å². The van der Waals surface area contributed by atoms with Crippen LogP contribution >= 0.6 is 0 Å². The molecule has 1 aliphatic rings. The van der Waals surface area contributed by atoms with Crippen molar-refractivity contribution in [1.82, 2.24) is 4.31 Å². The van der Waals surface area contributed by atoms with E-state index < -0.39 is 10.9 Å². The van der Waals surface area contributed by atoms with Crippen molar-refractivity contribution in [2.24, 2.45) is 5.92 Å². The van der Waals surface area contributed by atoms with Crippen LogP contribution in [0.15, 0.2) is 30.5 Å². The van der Waals surface area contributed by atoms with E-state index in [0.29, 0.717) is 12.5 Å². The van der Waals surface area contributed by atoms with Crippen molar-refractivity contribution < 1.29 is 13.2 Å². The van der Waals surface area contributed by atoms with E-state index in [-0.39, 0.29) is 0 Å². The standard InChI is InChI=1S/C13H17NO3S/c1-17-13-6-4-11(5-7-13)8-9-14(18(15)16)10-12-2-3-12/h4-9,12,18H,2-3,10H2,1H3. The molecule has 5 heteroatoms. The normalized spacial score (nSPS) is 15.2. The third kappa shape index (κ3) is 3.77. The van der Waals surface area contributed by atoms with Crippen LogP contribution in [-0.4, -0.2) is 26.4 Å². The van der Waals surface area contributed by atoms with E-state index in [0.717, 1.165) is 24.2 Å². The number of nitrogens with zero attached hydrogens (tertiary/aromatic N) is 1. The second-order valence-electron chi connectivity index (χ2n) is 4.39. The summed E-state index contributed by atoms with van der Waals surface area (Å²) in [6, 6.07) is 7.48. The summed E-state index contributed by atoms with van der Waals surface area (Å²) in [7, 11) is -0.925. The van der Waals surface area contributed by atoms with E-state index in [9.17, 15) is 8.42 Å². The number of hydrogen-bond donors (Lipinski definition) is 1. The number of benzene rings is 1. The summed E-state index contributed by atoms with van der Waals surface area (Å²) >= 11 is 0. The van der Waals surface area contributed by atoms with Crippen molar-refractivity contribution >= 4 is 17.0 Å². The van der Waals surface area contributed by atoms with Crippen LogP contribution < -0.4 is 4.74 Å². The maximum atomic E-state index is 11.1. The molecule has 1 aromatic carbocycles. The van der Waals surface area contributed by atoms with E-state index in [2.05, 4.69) is 0 Å². The van der Waals surface area contributed by atoms with Gasteiger partial charge in [0.2, 0.25) is 10.9 Å². The lowest BCUT2D eigenvalue weighted by Gasteiger charge is -2.11. The van der Waals surface area contributed by atoms with Crippen molar-refractivity contribution in [1.29, 1.82) is 0 Å². The molecule has 0 bridgehead atoms. The van der Waals surface area contributed by atoms with Gasteiger partial charge in [0.25, 0.3) is 0 Å². The quantitative estimate of drug-likeness (QED) is 0.801. The number of rotatable bonds is 6. The zero-order chi connectivity index (χ0) is 13.0. The Balaban J connectivity index is 2.01. The van der Waals surface area contributed by atoms with Crippen LogP contribution in [0.3, 0.4) is 0 Å². The first-order valence-corrected chi connectivity index (χ1v) is 7.05. The van der Waals surface area contributed by atoms with E-state index in [1.165, 1.54) is 4.31 Å². The lowest BCUT2D eigenvalue weighted by Crippen LogP contribution is -2.17. The maximum absolute atomic E-state index is 11.1. The summed E-state index contributed by atoms with van der Waals surface area (Å²) in [5.41, 5.74) is 0.952. The smallest absolute Gasteiger partial charge is 0.224 e. The SMILES string of the molecule is COc1ccc(C=CN(CC2CC2)[SH](=O)=O)cc1. The molecule has 1 saturated carbocycles. The number of ether oxygens (including phenoxy) is 1. The molecule has 98 valence electrons. The molecular formula is C13H17NO3S. The molecule has 2 rings (SSSR count). The fourth-order valence-corrected chi connectivity index (χ4v) is 2.17. The molecule has 0 saturated heterocycles. The molecule has 0 aliphatic heterocycles. The van der Waals surface area contributed by atoms with Crippen LogP contribution in [0.2, 0.25) is 0 Å². The third-order valence-corrected chi connectivity index (χ3v) is 3.62. The molecule has 4 nitrogen and oxygen atoms in total. The van der Waals surface area contributed by atoms with Gasteiger partial charge in [0, 0.05) is 12.7 Å². The molecule has 0 unspecified atom stereocenters. The largest absolute Gasteiger partial charge is 0.497 e. The summed E-state index contributed by atoms with van der Waals surface area (Å²) in [4.78, 5) is 0. The summed E-state index contributed by atoms with van der Waals surface area (Å²) in [5, 5.41) is 0. The van der Waals surface area contributed by atoms with Gasteiger partial charge in [-0.1, -0.05) is 12.1 Å². The van der Waals surface area contributed by atoms with Gasteiger partial charge in [-0.2, -0.15) is 0 Å². The average molecular weight is 267 g/mol. The highest BCUT2D eigenvalue weighted by molar-refractivity contribution is 7.70. The van der Waals surface area contributed by atoms with E-state index in [4.69, 9.17) is 4.74 Å². The zero-order valence-corrected chi connectivity index (χ0v) is 11.2. The summed E-state index contributed by atoms with van der Waals surface area (Å²) in [5.74, 6) is 1.33. The Morgan fingerprint density at radius 1 is 1.33 bits per heavy atom. The van der Waals surface area contributed by atoms with Gasteiger partial charge in [-0.25, -0.2) is 8.42 Å². The molecule has 0 radical (unpaired) electrons. The van der Waals surface area contributed by atoms with Gasteiger partial charge in [0.05, 0.1) is 7.11 Å². The Morgan fingerprint density at radius 2 is 2.00 bits per heavy atom. The molecule has 0 aromatic heterocycles.